The monoisotopic (exact) mass is 335 g/mol. The molecule has 132 valence electrons. The average molecular weight is 335 g/mol. The van der Waals surface area contributed by atoms with Crippen molar-refractivity contribution in [1.82, 2.24) is 5.32 Å². The van der Waals surface area contributed by atoms with Crippen LogP contribution in [0.4, 0.5) is 4.79 Å². The lowest BCUT2D eigenvalue weighted by atomic mass is 9.99. The first kappa shape index (κ1) is 18.1. The first-order chi connectivity index (χ1) is 11.3. The normalized spacial score (nSPS) is 18.7. The number of alkyl carbamates (subject to hydrolysis) is 1. The molecule has 6 nitrogen and oxygen atoms in total. The summed E-state index contributed by atoms with van der Waals surface area (Å²) in [6.07, 6.45) is 0.659. The molecule has 0 spiro atoms. The second kappa shape index (κ2) is 7.55. The minimum Gasteiger partial charge on any atom is -0.497 e. The van der Waals surface area contributed by atoms with Crippen molar-refractivity contribution in [2.24, 2.45) is 0 Å². The zero-order chi connectivity index (χ0) is 17.7. The number of nitrogens with one attached hydrogen (secondary N) is 1. The summed E-state index contributed by atoms with van der Waals surface area (Å²) in [5.41, 5.74) is 0.431. The van der Waals surface area contributed by atoms with Crippen LogP contribution in [0.2, 0.25) is 0 Å². The maximum Gasteiger partial charge on any atom is 0.408 e. The number of amides is 1. The predicted molar refractivity (Wildman–Crippen MR) is 89.0 cm³/mol. The number of rotatable bonds is 5. The molecule has 0 saturated carbocycles. The van der Waals surface area contributed by atoms with Gasteiger partial charge < -0.3 is 19.5 Å². The fourth-order valence-corrected chi connectivity index (χ4v) is 2.58. The number of methoxy groups -OCH3 is 1. The minimum absolute atomic E-state index is 0.231. The molecular weight excluding hydrogens is 310 g/mol. The van der Waals surface area contributed by atoms with Crippen molar-refractivity contribution in [3.05, 3.63) is 29.8 Å². The van der Waals surface area contributed by atoms with Gasteiger partial charge in [0, 0.05) is 6.42 Å². The molecule has 1 N–H and O–H groups in total. The highest BCUT2D eigenvalue weighted by Gasteiger charge is 2.33. The molecule has 0 radical (unpaired) electrons. The lowest BCUT2D eigenvalue weighted by Crippen LogP contribution is -2.46. The van der Waals surface area contributed by atoms with E-state index < -0.39 is 11.7 Å². The van der Waals surface area contributed by atoms with E-state index in [0.717, 1.165) is 11.3 Å². The van der Waals surface area contributed by atoms with Crippen molar-refractivity contribution >= 4 is 12.1 Å². The Balaban J connectivity index is 2.07. The zero-order valence-electron chi connectivity index (χ0n) is 14.6. The van der Waals surface area contributed by atoms with E-state index in [9.17, 15) is 9.59 Å². The van der Waals surface area contributed by atoms with E-state index in [1.54, 1.807) is 27.9 Å². The molecule has 1 amide bonds. The molecule has 0 bridgehead atoms. The lowest BCUT2D eigenvalue weighted by molar-refractivity contribution is -0.142. The molecule has 1 aliphatic rings. The summed E-state index contributed by atoms with van der Waals surface area (Å²) < 4.78 is 15.8. The highest BCUT2D eigenvalue weighted by atomic mass is 16.6. The topological polar surface area (TPSA) is 73.9 Å². The molecule has 1 aliphatic heterocycles. The van der Waals surface area contributed by atoms with Crippen LogP contribution in [0.1, 0.15) is 39.2 Å². The quantitative estimate of drug-likeness (QED) is 0.838. The number of esters is 1. The van der Waals surface area contributed by atoms with E-state index in [1.165, 1.54) is 0 Å². The summed E-state index contributed by atoms with van der Waals surface area (Å²) in [7, 11) is 1.61. The van der Waals surface area contributed by atoms with Crippen LogP contribution in [0, 0.1) is 0 Å². The van der Waals surface area contributed by atoms with E-state index in [-0.39, 0.29) is 18.1 Å². The number of benzene rings is 1. The van der Waals surface area contributed by atoms with E-state index in [0.29, 0.717) is 19.3 Å². The van der Waals surface area contributed by atoms with Crippen molar-refractivity contribution < 1.29 is 23.8 Å². The summed E-state index contributed by atoms with van der Waals surface area (Å²) in [5, 5.41) is 2.84. The van der Waals surface area contributed by atoms with Gasteiger partial charge in [-0.1, -0.05) is 12.1 Å². The number of carbonyl (C=O) groups is 2. The Bertz CT molecular complexity index is 576. The average Bonchev–Trinajstić information content (AvgIpc) is 2.92. The number of hydrogen-bond donors (Lipinski definition) is 1. The fraction of sp³-hybridized carbons (Fsp3) is 0.556. The van der Waals surface area contributed by atoms with E-state index >= 15 is 0 Å². The molecule has 1 aromatic rings. The van der Waals surface area contributed by atoms with Gasteiger partial charge in [-0.05, 0) is 51.3 Å². The second-order valence-electron chi connectivity index (χ2n) is 6.87. The number of ether oxygens (including phenoxy) is 3. The Kier molecular flexibility index (Phi) is 5.70. The summed E-state index contributed by atoms with van der Waals surface area (Å²) >= 11 is 0. The molecule has 1 heterocycles. The maximum absolute atomic E-state index is 12.1. The fourth-order valence-electron chi connectivity index (χ4n) is 2.58. The van der Waals surface area contributed by atoms with E-state index in [1.807, 2.05) is 24.3 Å². The molecule has 24 heavy (non-hydrogen) atoms. The van der Waals surface area contributed by atoms with Gasteiger partial charge in [0.25, 0.3) is 0 Å². The van der Waals surface area contributed by atoms with Gasteiger partial charge in [0.1, 0.15) is 17.5 Å². The molecule has 0 unspecified atom stereocenters. The third-order valence-corrected chi connectivity index (χ3v) is 3.68. The van der Waals surface area contributed by atoms with Crippen LogP contribution in [-0.4, -0.2) is 36.9 Å². The van der Waals surface area contributed by atoms with Crippen LogP contribution in [0.25, 0.3) is 0 Å². The summed E-state index contributed by atoms with van der Waals surface area (Å²) in [4.78, 5) is 23.5. The second-order valence-corrected chi connectivity index (χ2v) is 6.87. The molecule has 1 fully saturated rings. The SMILES string of the molecule is COc1ccc(C[C@H](NC(=O)OC(C)(C)C)[C@@H]2CCC(=O)O2)cc1. The van der Waals surface area contributed by atoms with Crippen LogP contribution in [0.5, 0.6) is 5.75 Å². The third-order valence-electron chi connectivity index (χ3n) is 3.68. The highest BCUT2D eigenvalue weighted by molar-refractivity contribution is 5.72. The summed E-state index contributed by atoms with van der Waals surface area (Å²) in [6, 6.07) is 7.25. The van der Waals surface area contributed by atoms with Crippen LogP contribution in [0.15, 0.2) is 24.3 Å². The molecule has 1 saturated heterocycles. The Morgan fingerprint density at radius 1 is 1.33 bits per heavy atom. The van der Waals surface area contributed by atoms with Gasteiger partial charge in [-0.15, -0.1) is 0 Å². The van der Waals surface area contributed by atoms with Gasteiger partial charge in [0.05, 0.1) is 13.2 Å². The number of cyclic esters (lactones) is 1. The van der Waals surface area contributed by atoms with Crippen molar-refractivity contribution in [2.75, 3.05) is 7.11 Å². The number of hydrogen-bond acceptors (Lipinski definition) is 5. The largest absolute Gasteiger partial charge is 0.497 e. The van der Waals surface area contributed by atoms with Gasteiger partial charge in [-0.25, -0.2) is 4.79 Å². The Hall–Kier alpha value is -2.24. The standard InChI is InChI=1S/C18H25NO5/c1-18(2,3)24-17(21)19-14(15-9-10-16(20)23-15)11-12-5-7-13(22-4)8-6-12/h5-8,14-15H,9-11H2,1-4H3,(H,19,21)/t14-,15-/m0/s1. The molecule has 0 aromatic heterocycles. The first-order valence-electron chi connectivity index (χ1n) is 8.09. The molecule has 2 rings (SSSR count). The lowest BCUT2D eigenvalue weighted by Gasteiger charge is -2.26. The minimum atomic E-state index is -0.582. The third kappa shape index (κ3) is 5.44. The van der Waals surface area contributed by atoms with Crippen molar-refractivity contribution in [2.45, 2.75) is 57.8 Å². The van der Waals surface area contributed by atoms with Gasteiger partial charge in [-0.3, -0.25) is 4.79 Å². The summed E-state index contributed by atoms with van der Waals surface area (Å²) in [6.45, 7) is 5.42. The van der Waals surface area contributed by atoms with Crippen LogP contribution in [-0.2, 0) is 20.7 Å². The van der Waals surface area contributed by atoms with Gasteiger partial charge >= 0.3 is 12.1 Å². The predicted octanol–water partition coefficient (Wildman–Crippen LogP) is 2.84. The Morgan fingerprint density at radius 3 is 2.50 bits per heavy atom. The molecule has 2 atom stereocenters. The molecule has 6 heteroatoms. The van der Waals surface area contributed by atoms with Crippen LogP contribution >= 0.6 is 0 Å². The Labute approximate surface area is 142 Å². The van der Waals surface area contributed by atoms with Crippen LogP contribution < -0.4 is 10.1 Å². The molecule has 1 aromatic carbocycles. The molecular formula is C18H25NO5. The van der Waals surface area contributed by atoms with Gasteiger partial charge in [-0.2, -0.15) is 0 Å². The summed E-state index contributed by atoms with van der Waals surface area (Å²) in [5.74, 6) is 0.536. The van der Waals surface area contributed by atoms with E-state index in [2.05, 4.69) is 5.32 Å². The Morgan fingerprint density at radius 2 is 2.00 bits per heavy atom. The van der Waals surface area contributed by atoms with E-state index in [4.69, 9.17) is 14.2 Å². The first-order valence-corrected chi connectivity index (χ1v) is 8.09. The highest BCUT2D eigenvalue weighted by Crippen LogP contribution is 2.21. The zero-order valence-corrected chi connectivity index (χ0v) is 14.6. The van der Waals surface area contributed by atoms with Crippen molar-refractivity contribution in [3.8, 4) is 5.75 Å². The number of carbonyl (C=O) groups excluding carboxylic acids is 2. The molecule has 0 aliphatic carbocycles. The van der Waals surface area contributed by atoms with Crippen molar-refractivity contribution in [3.63, 3.8) is 0 Å². The smallest absolute Gasteiger partial charge is 0.408 e. The van der Waals surface area contributed by atoms with Crippen molar-refractivity contribution in [1.29, 1.82) is 0 Å². The van der Waals surface area contributed by atoms with Crippen LogP contribution in [0.3, 0.4) is 0 Å². The maximum atomic E-state index is 12.1. The van der Waals surface area contributed by atoms with Gasteiger partial charge in [0.2, 0.25) is 0 Å². The van der Waals surface area contributed by atoms with Gasteiger partial charge in [0.15, 0.2) is 0 Å².